The van der Waals surface area contributed by atoms with Gasteiger partial charge < -0.3 is 15.4 Å². The van der Waals surface area contributed by atoms with Crippen LogP contribution in [-0.4, -0.2) is 32.1 Å². The predicted octanol–water partition coefficient (Wildman–Crippen LogP) is 2.83. The van der Waals surface area contributed by atoms with Crippen LogP contribution in [0.3, 0.4) is 0 Å². The summed E-state index contributed by atoms with van der Waals surface area (Å²) < 4.78 is 31.0. The molecule has 0 spiro atoms. The quantitative estimate of drug-likeness (QED) is 0.801. The summed E-state index contributed by atoms with van der Waals surface area (Å²) in [6.07, 6.45) is -0.185. The van der Waals surface area contributed by atoms with E-state index in [1.165, 1.54) is 25.1 Å². The van der Waals surface area contributed by atoms with Crippen LogP contribution in [0.25, 0.3) is 0 Å². The molecule has 0 aliphatic carbocycles. The van der Waals surface area contributed by atoms with Crippen molar-refractivity contribution in [3.8, 4) is 5.75 Å². The van der Waals surface area contributed by atoms with Gasteiger partial charge in [-0.15, -0.1) is 0 Å². The molecule has 0 fully saturated rings. The second-order valence-corrected chi connectivity index (χ2v) is 9.22. The molecule has 0 aromatic heterocycles. The first-order valence-corrected chi connectivity index (χ1v) is 10.4. The Morgan fingerprint density at radius 3 is 2.75 bits per heavy atom. The summed E-state index contributed by atoms with van der Waals surface area (Å²) in [5.74, 6) is -0.304. The highest BCUT2D eigenvalue weighted by Crippen LogP contribution is 2.31. The number of fused-ring (bicyclic) bond motifs is 1. The van der Waals surface area contributed by atoms with Crippen molar-refractivity contribution >= 4 is 33.0 Å². The van der Waals surface area contributed by atoms with Gasteiger partial charge in [0, 0.05) is 12.1 Å². The average molecular weight is 402 g/mol. The molecule has 28 heavy (non-hydrogen) atoms. The van der Waals surface area contributed by atoms with Gasteiger partial charge in [0.25, 0.3) is 5.91 Å². The fourth-order valence-electron chi connectivity index (χ4n) is 2.93. The van der Waals surface area contributed by atoms with E-state index in [-0.39, 0.29) is 29.7 Å². The number of ether oxygens (including phenoxy) is 1. The molecule has 1 atom stereocenters. The number of benzene rings is 2. The fraction of sp³-hybridized carbons (Fsp3) is 0.300. The number of carbonyl (C=O) groups excluding carboxylic acids is 2. The molecule has 148 valence electrons. The van der Waals surface area contributed by atoms with Gasteiger partial charge in [-0.25, -0.2) is 8.42 Å². The zero-order chi connectivity index (χ0) is 20.5. The summed E-state index contributed by atoms with van der Waals surface area (Å²) >= 11 is 0. The molecule has 2 aromatic rings. The molecule has 2 aromatic carbocycles. The normalized spacial score (nSPS) is 14.5. The highest BCUT2D eigenvalue weighted by atomic mass is 32.2. The molecule has 1 heterocycles. The Morgan fingerprint density at radius 2 is 2.00 bits per heavy atom. The molecular formula is C20H22N2O5S. The summed E-state index contributed by atoms with van der Waals surface area (Å²) in [6.45, 7) is 5.23. The third-order valence-corrected chi connectivity index (χ3v) is 6.93. The fourth-order valence-corrected chi connectivity index (χ4v) is 4.31. The standard InChI is InChI=1S/C20H22N2O5S/c1-12-5-4-6-16(14(12)3)21-19(23)9-13(2)28(25,26)15-7-8-18-17(10-15)22-20(24)11-27-18/h4-8,10,13H,9,11H2,1-3H3,(H,21,23)(H,22,24)/t13-/m1/s1. The predicted molar refractivity (Wildman–Crippen MR) is 106 cm³/mol. The number of hydrogen-bond donors (Lipinski definition) is 2. The summed E-state index contributed by atoms with van der Waals surface area (Å²) in [7, 11) is -3.76. The Hall–Kier alpha value is -2.87. The molecule has 2 N–H and O–H groups in total. The number of sulfone groups is 1. The molecule has 8 heteroatoms. The van der Waals surface area contributed by atoms with Crippen molar-refractivity contribution in [2.45, 2.75) is 37.3 Å². The van der Waals surface area contributed by atoms with Gasteiger partial charge in [-0.3, -0.25) is 9.59 Å². The summed E-state index contributed by atoms with van der Waals surface area (Å²) in [6, 6.07) is 9.85. The zero-order valence-electron chi connectivity index (χ0n) is 15.9. The highest BCUT2D eigenvalue weighted by molar-refractivity contribution is 7.92. The van der Waals surface area contributed by atoms with Gasteiger partial charge in [0.05, 0.1) is 15.8 Å². The van der Waals surface area contributed by atoms with Crippen molar-refractivity contribution in [2.75, 3.05) is 17.2 Å². The molecule has 1 aliphatic heterocycles. The van der Waals surface area contributed by atoms with Gasteiger partial charge in [-0.1, -0.05) is 12.1 Å². The van der Waals surface area contributed by atoms with E-state index >= 15 is 0 Å². The molecule has 2 amide bonds. The molecular weight excluding hydrogens is 380 g/mol. The van der Waals surface area contributed by atoms with Crippen LogP contribution in [0.15, 0.2) is 41.3 Å². The number of amides is 2. The van der Waals surface area contributed by atoms with Crippen molar-refractivity contribution < 1.29 is 22.7 Å². The van der Waals surface area contributed by atoms with Crippen molar-refractivity contribution in [2.24, 2.45) is 0 Å². The number of aryl methyl sites for hydroxylation is 1. The average Bonchev–Trinajstić information content (AvgIpc) is 2.64. The SMILES string of the molecule is Cc1cccc(NC(=O)C[C@@H](C)S(=O)(=O)c2ccc3c(c2)NC(=O)CO3)c1C. The molecule has 0 saturated heterocycles. The monoisotopic (exact) mass is 402 g/mol. The first-order chi connectivity index (χ1) is 13.2. The third-order valence-electron chi connectivity index (χ3n) is 4.79. The smallest absolute Gasteiger partial charge is 0.262 e. The maximum atomic E-state index is 12.9. The van der Waals surface area contributed by atoms with Crippen LogP contribution in [0.5, 0.6) is 5.75 Å². The molecule has 3 rings (SSSR count). The van der Waals surface area contributed by atoms with E-state index in [1.54, 1.807) is 6.07 Å². The van der Waals surface area contributed by atoms with Gasteiger partial charge in [0.1, 0.15) is 5.75 Å². The van der Waals surface area contributed by atoms with Gasteiger partial charge >= 0.3 is 0 Å². The minimum atomic E-state index is -3.76. The third kappa shape index (κ3) is 4.01. The molecule has 0 unspecified atom stereocenters. The summed E-state index contributed by atoms with van der Waals surface area (Å²) in [4.78, 5) is 23.9. The van der Waals surface area contributed by atoms with Gasteiger partial charge in [0.15, 0.2) is 16.4 Å². The lowest BCUT2D eigenvalue weighted by atomic mass is 10.1. The van der Waals surface area contributed by atoms with Crippen LogP contribution in [0.2, 0.25) is 0 Å². The zero-order valence-corrected chi connectivity index (χ0v) is 16.7. The van der Waals surface area contributed by atoms with Crippen LogP contribution in [0.4, 0.5) is 11.4 Å². The Kier molecular flexibility index (Phi) is 5.42. The van der Waals surface area contributed by atoms with Gasteiger partial charge in [-0.05, 0) is 56.2 Å². The van der Waals surface area contributed by atoms with Gasteiger partial charge in [0.2, 0.25) is 5.91 Å². The van der Waals surface area contributed by atoms with E-state index in [1.807, 2.05) is 26.0 Å². The number of hydrogen-bond acceptors (Lipinski definition) is 5. The molecule has 0 saturated carbocycles. The van der Waals surface area contributed by atoms with Crippen LogP contribution in [0, 0.1) is 13.8 Å². The molecule has 0 radical (unpaired) electrons. The molecule has 0 bridgehead atoms. The maximum Gasteiger partial charge on any atom is 0.262 e. The Morgan fingerprint density at radius 1 is 1.25 bits per heavy atom. The Labute approximate surface area is 164 Å². The van der Waals surface area contributed by atoms with E-state index in [2.05, 4.69) is 10.6 Å². The lowest BCUT2D eigenvalue weighted by molar-refractivity contribution is -0.118. The van der Waals surface area contributed by atoms with Crippen molar-refractivity contribution in [3.63, 3.8) is 0 Å². The van der Waals surface area contributed by atoms with E-state index in [0.717, 1.165) is 11.1 Å². The number of anilines is 2. The van der Waals surface area contributed by atoms with Crippen molar-refractivity contribution in [1.82, 2.24) is 0 Å². The maximum absolute atomic E-state index is 12.9. The van der Waals surface area contributed by atoms with E-state index in [0.29, 0.717) is 17.1 Å². The first kappa shape index (κ1) is 19.9. The number of nitrogens with one attached hydrogen (secondary N) is 2. The van der Waals surface area contributed by atoms with Crippen molar-refractivity contribution in [1.29, 1.82) is 0 Å². The Balaban J connectivity index is 1.75. The van der Waals surface area contributed by atoms with Crippen molar-refractivity contribution in [3.05, 3.63) is 47.5 Å². The Bertz CT molecular complexity index is 1050. The summed E-state index contributed by atoms with van der Waals surface area (Å²) in [5.41, 5.74) is 2.96. The van der Waals surface area contributed by atoms with E-state index in [4.69, 9.17) is 4.74 Å². The molecule has 7 nitrogen and oxygen atoms in total. The topological polar surface area (TPSA) is 102 Å². The van der Waals surface area contributed by atoms with Crippen LogP contribution < -0.4 is 15.4 Å². The largest absolute Gasteiger partial charge is 0.482 e. The minimum absolute atomic E-state index is 0.0316. The highest BCUT2D eigenvalue weighted by Gasteiger charge is 2.28. The van der Waals surface area contributed by atoms with Crippen LogP contribution in [0.1, 0.15) is 24.5 Å². The van der Waals surface area contributed by atoms with Gasteiger partial charge in [-0.2, -0.15) is 0 Å². The number of rotatable bonds is 5. The van der Waals surface area contributed by atoms with E-state index < -0.39 is 15.1 Å². The van der Waals surface area contributed by atoms with E-state index in [9.17, 15) is 18.0 Å². The molecule has 1 aliphatic rings. The summed E-state index contributed by atoms with van der Waals surface area (Å²) in [5, 5.41) is 4.44. The lowest BCUT2D eigenvalue weighted by Gasteiger charge is -2.19. The second kappa shape index (κ2) is 7.63. The first-order valence-electron chi connectivity index (χ1n) is 8.85. The second-order valence-electron chi connectivity index (χ2n) is 6.85. The number of carbonyl (C=O) groups is 2. The minimum Gasteiger partial charge on any atom is -0.482 e. The lowest BCUT2D eigenvalue weighted by Crippen LogP contribution is -2.27. The van der Waals surface area contributed by atoms with Crippen LogP contribution >= 0.6 is 0 Å². The van der Waals surface area contributed by atoms with Crippen LogP contribution in [-0.2, 0) is 19.4 Å².